The molecule has 1 fully saturated rings. The van der Waals surface area contributed by atoms with Crippen molar-refractivity contribution in [1.29, 1.82) is 0 Å². The van der Waals surface area contributed by atoms with Gasteiger partial charge in [0.15, 0.2) is 0 Å². The highest BCUT2D eigenvalue weighted by atomic mass is 32.2. The van der Waals surface area contributed by atoms with Crippen LogP contribution in [0.4, 0.5) is 0 Å². The van der Waals surface area contributed by atoms with Gasteiger partial charge in [0.2, 0.25) is 10.0 Å². The minimum atomic E-state index is -3.60. The van der Waals surface area contributed by atoms with Crippen molar-refractivity contribution in [3.63, 3.8) is 0 Å². The second-order valence-electron chi connectivity index (χ2n) is 7.80. The molecule has 1 saturated heterocycles. The molecule has 7 nitrogen and oxygen atoms in total. The summed E-state index contributed by atoms with van der Waals surface area (Å²) in [6.45, 7) is 4.97. The zero-order chi connectivity index (χ0) is 22.4. The molecule has 1 N–H and O–H groups in total. The molecule has 0 aliphatic carbocycles. The van der Waals surface area contributed by atoms with E-state index in [9.17, 15) is 13.2 Å². The van der Waals surface area contributed by atoms with Gasteiger partial charge in [0.05, 0.1) is 18.0 Å². The van der Waals surface area contributed by atoms with Gasteiger partial charge in [0, 0.05) is 18.7 Å². The summed E-state index contributed by atoms with van der Waals surface area (Å²) in [6, 6.07) is 11.7. The molecule has 168 valence electrons. The van der Waals surface area contributed by atoms with E-state index >= 15 is 0 Å². The second-order valence-corrected chi connectivity index (χ2v) is 9.74. The lowest BCUT2D eigenvalue weighted by Crippen LogP contribution is -2.38. The van der Waals surface area contributed by atoms with Crippen LogP contribution in [0, 0.1) is 6.92 Å². The van der Waals surface area contributed by atoms with Gasteiger partial charge in [-0.15, -0.1) is 0 Å². The molecule has 31 heavy (non-hydrogen) atoms. The van der Waals surface area contributed by atoms with Crippen LogP contribution in [0.1, 0.15) is 42.1 Å². The first-order valence-corrected chi connectivity index (χ1v) is 11.9. The van der Waals surface area contributed by atoms with Crippen molar-refractivity contribution >= 4 is 15.9 Å². The minimum Gasteiger partial charge on any atom is -0.497 e. The summed E-state index contributed by atoms with van der Waals surface area (Å²) in [7, 11) is -2.00. The third-order valence-corrected chi connectivity index (χ3v) is 7.24. The molecule has 0 spiro atoms. The molecule has 8 heteroatoms. The van der Waals surface area contributed by atoms with Gasteiger partial charge in [0.1, 0.15) is 18.1 Å². The molecule has 3 rings (SSSR count). The van der Waals surface area contributed by atoms with Crippen molar-refractivity contribution in [2.45, 2.75) is 44.0 Å². The molecule has 1 aliphatic heterocycles. The molecule has 0 aromatic heterocycles. The number of hydrogen-bond donors (Lipinski definition) is 1. The van der Waals surface area contributed by atoms with Crippen molar-refractivity contribution in [3.8, 4) is 11.5 Å². The zero-order valence-corrected chi connectivity index (χ0v) is 19.1. The van der Waals surface area contributed by atoms with E-state index in [1.54, 1.807) is 50.4 Å². The number of carbonyl (C=O) groups excluding carboxylic acids is 1. The van der Waals surface area contributed by atoms with Gasteiger partial charge < -0.3 is 14.8 Å². The fraction of sp³-hybridized carbons (Fsp3) is 0.435. The van der Waals surface area contributed by atoms with Crippen molar-refractivity contribution in [1.82, 2.24) is 9.62 Å². The van der Waals surface area contributed by atoms with E-state index in [0.717, 1.165) is 30.6 Å². The van der Waals surface area contributed by atoms with Gasteiger partial charge in [-0.05, 0) is 68.7 Å². The predicted molar refractivity (Wildman–Crippen MR) is 119 cm³/mol. The maximum absolute atomic E-state index is 13.0. The Hall–Kier alpha value is -2.58. The van der Waals surface area contributed by atoms with Crippen molar-refractivity contribution in [2.75, 3.05) is 26.8 Å². The zero-order valence-electron chi connectivity index (χ0n) is 18.3. The number of ether oxygens (including phenoxy) is 2. The molecule has 2 aromatic carbocycles. The van der Waals surface area contributed by atoms with Gasteiger partial charge in [0.25, 0.3) is 5.91 Å². The van der Waals surface area contributed by atoms with Crippen molar-refractivity contribution < 1.29 is 22.7 Å². The van der Waals surface area contributed by atoms with E-state index in [2.05, 4.69) is 5.32 Å². The Morgan fingerprint density at radius 1 is 1.06 bits per heavy atom. The highest BCUT2D eigenvalue weighted by Gasteiger charge is 2.27. The Bertz CT molecular complexity index is 999. The quantitative estimate of drug-likeness (QED) is 0.672. The lowest BCUT2D eigenvalue weighted by atomic mass is 10.1. The van der Waals surface area contributed by atoms with Gasteiger partial charge >= 0.3 is 0 Å². The molecule has 0 radical (unpaired) electrons. The Morgan fingerprint density at radius 2 is 1.71 bits per heavy atom. The molecule has 1 atom stereocenters. The third-order valence-electron chi connectivity index (χ3n) is 5.34. The van der Waals surface area contributed by atoms with Crippen LogP contribution in [0.5, 0.6) is 11.5 Å². The number of aryl methyl sites for hydroxylation is 1. The lowest BCUT2D eigenvalue weighted by molar-refractivity contribution is 0.0926. The summed E-state index contributed by atoms with van der Waals surface area (Å²) >= 11 is 0. The first-order chi connectivity index (χ1) is 14.8. The van der Waals surface area contributed by atoms with Crippen molar-refractivity contribution in [3.05, 3.63) is 53.6 Å². The van der Waals surface area contributed by atoms with E-state index in [4.69, 9.17) is 9.47 Å². The minimum absolute atomic E-state index is 0.160. The Morgan fingerprint density at radius 3 is 2.35 bits per heavy atom. The fourth-order valence-corrected chi connectivity index (χ4v) is 5.04. The summed E-state index contributed by atoms with van der Waals surface area (Å²) < 4.78 is 38.3. The summed E-state index contributed by atoms with van der Waals surface area (Å²) in [4.78, 5) is 13.0. The van der Waals surface area contributed by atoms with Crippen LogP contribution in [0.15, 0.2) is 47.4 Å². The molecule has 0 unspecified atom stereocenters. The highest BCUT2D eigenvalue weighted by Crippen LogP contribution is 2.23. The molecular formula is C23H30N2O5S. The van der Waals surface area contributed by atoms with Crippen LogP contribution in [-0.4, -0.2) is 51.5 Å². The summed E-state index contributed by atoms with van der Waals surface area (Å²) in [6.07, 6.45) is 2.78. The highest BCUT2D eigenvalue weighted by molar-refractivity contribution is 7.89. The Kier molecular flexibility index (Phi) is 7.56. The molecule has 1 heterocycles. The molecular weight excluding hydrogens is 416 g/mol. The van der Waals surface area contributed by atoms with Gasteiger partial charge in [-0.1, -0.05) is 12.5 Å². The van der Waals surface area contributed by atoms with E-state index in [1.165, 1.54) is 10.4 Å². The monoisotopic (exact) mass is 446 g/mol. The number of hydrogen-bond acceptors (Lipinski definition) is 5. The van der Waals surface area contributed by atoms with Gasteiger partial charge in [-0.25, -0.2) is 8.42 Å². The molecule has 0 saturated carbocycles. The van der Waals surface area contributed by atoms with Crippen LogP contribution in [0.2, 0.25) is 0 Å². The largest absolute Gasteiger partial charge is 0.497 e. The van der Waals surface area contributed by atoms with Crippen LogP contribution in [0.25, 0.3) is 0 Å². The van der Waals surface area contributed by atoms with Crippen LogP contribution < -0.4 is 14.8 Å². The number of methoxy groups -OCH3 is 1. The number of piperidine rings is 1. The Labute approximate surface area is 184 Å². The second kappa shape index (κ2) is 10.2. The average Bonchev–Trinajstić information content (AvgIpc) is 2.78. The predicted octanol–water partition coefficient (Wildman–Crippen LogP) is 3.38. The van der Waals surface area contributed by atoms with Crippen LogP contribution >= 0.6 is 0 Å². The SMILES string of the molecule is COc1ccc(OC[C@@H](C)NC(=O)c2cc(S(=O)(=O)N3CCCCC3)ccc2C)cc1. The van der Waals surface area contributed by atoms with E-state index < -0.39 is 10.0 Å². The number of nitrogens with one attached hydrogen (secondary N) is 1. The van der Waals surface area contributed by atoms with Gasteiger partial charge in [-0.2, -0.15) is 4.31 Å². The topological polar surface area (TPSA) is 84.9 Å². The molecule has 2 aromatic rings. The fourth-order valence-electron chi connectivity index (χ4n) is 3.50. The molecule has 0 bridgehead atoms. The molecule has 1 amide bonds. The van der Waals surface area contributed by atoms with E-state index in [-0.39, 0.29) is 23.5 Å². The normalized spacial score (nSPS) is 15.8. The number of carbonyl (C=O) groups is 1. The lowest BCUT2D eigenvalue weighted by Gasteiger charge is -2.26. The number of benzene rings is 2. The smallest absolute Gasteiger partial charge is 0.251 e. The maximum Gasteiger partial charge on any atom is 0.251 e. The number of sulfonamides is 1. The maximum atomic E-state index is 13.0. The summed E-state index contributed by atoms with van der Waals surface area (Å²) in [5.74, 6) is 1.09. The van der Waals surface area contributed by atoms with Gasteiger partial charge in [-0.3, -0.25) is 4.79 Å². The average molecular weight is 447 g/mol. The van der Waals surface area contributed by atoms with Crippen molar-refractivity contribution in [2.24, 2.45) is 0 Å². The summed E-state index contributed by atoms with van der Waals surface area (Å²) in [5.41, 5.74) is 1.08. The first kappa shape index (κ1) is 23.1. The Balaban J connectivity index is 1.65. The van der Waals surface area contributed by atoms with Crippen LogP contribution in [-0.2, 0) is 10.0 Å². The number of nitrogens with zero attached hydrogens (tertiary/aromatic N) is 1. The standard InChI is InChI=1S/C23H30N2O5S/c1-17-7-12-21(31(27,28)25-13-5-4-6-14-25)15-22(17)23(26)24-18(2)16-30-20-10-8-19(29-3)9-11-20/h7-12,15,18H,4-6,13-14,16H2,1-3H3,(H,24,26)/t18-/m1/s1. The van der Waals surface area contributed by atoms with E-state index in [1.807, 2.05) is 6.92 Å². The summed E-state index contributed by atoms with van der Waals surface area (Å²) in [5, 5.41) is 2.89. The number of rotatable bonds is 8. The molecule has 1 aliphatic rings. The number of amides is 1. The van der Waals surface area contributed by atoms with E-state index in [0.29, 0.717) is 24.4 Å². The third kappa shape index (κ3) is 5.77. The first-order valence-electron chi connectivity index (χ1n) is 10.5. The van der Waals surface area contributed by atoms with Crippen LogP contribution in [0.3, 0.4) is 0 Å².